The van der Waals surface area contributed by atoms with Crippen LogP contribution in [0.5, 0.6) is 0 Å². The van der Waals surface area contributed by atoms with E-state index in [1.807, 2.05) is 7.85 Å². The largest absolute Gasteiger partial charge is 0.619 e. The first-order valence-corrected chi connectivity index (χ1v) is 3.07. The van der Waals surface area contributed by atoms with E-state index in [4.69, 9.17) is 5.73 Å². The third kappa shape index (κ3) is 1.05. The van der Waals surface area contributed by atoms with Crippen LogP contribution in [-0.2, 0) is 0 Å². The molecule has 1 aromatic heterocycles. The zero-order chi connectivity index (χ0) is 7.72. The molecule has 0 bridgehead atoms. The van der Waals surface area contributed by atoms with Gasteiger partial charge in [-0.1, -0.05) is 0 Å². The van der Waals surface area contributed by atoms with Crippen molar-refractivity contribution in [2.45, 2.75) is 6.92 Å². The lowest BCUT2D eigenvalue weighted by Gasteiger charge is -2.02. The fourth-order valence-electron chi connectivity index (χ4n) is 0.755. The van der Waals surface area contributed by atoms with Crippen molar-refractivity contribution in [1.29, 1.82) is 0 Å². The Morgan fingerprint density at radius 1 is 1.70 bits per heavy atom. The summed E-state index contributed by atoms with van der Waals surface area (Å²) in [7, 11) is 1.81. The molecule has 0 aliphatic carbocycles. The van der Waals surface area contributed by atoms with Crippen LogP contribution in [-0.4, -0.2) is 7.85 Å². The number of anilines is 1. The predicted octanol–water partition coefficient (Wildman–Crippen LogP) is -1.53. The average molecular weight is 136 g/mol. The zero-order valence-corrected chi connectivity index (χ0v) is 6.09. The Kier molecular flexibility index (Phi) is 1.53. The summed E-state index contributed by atoms with van der Waals surface area (Å²) in [4.78, 5) is 0. The van der Waals surface area contributed by atoms with Crippen LogP contribution >= 0.6 is 0 Å². The van der Waals surface area contributed by atoms with E-state index in [0.717, 1.165) is 10.2 Å². The number of nitrogens with zero attached hydrogens (tertiary/aromatic N) is 1. The summed E-state index contributed by atoms with van der Waals surface area (Å²) in [6.45, 7) is 1.72. The van der Waals surface area contributed by atoms with Crippen molar-refractivity contribution < 1.29 is 4.73 Å². The van der Waals surface area contributed by atoms with E-state index in [-0.39, 0.29) is 0 Å². The van der Waals surface area contributed by atoms with Gasteiger partial charge in [-0.05, 0) is 5.46 Å². The van der Waals surface area contributed by atoms with Crippen LogP contribution in [0.4, 0.5) is 5.69 Å². The minimum absolute atomic E-state index is 0.628. The number of nitrogen functional groups attached to an aromatic ring is 1. The first-order chi connectivity index (χ1) is 4.61. The van der Waals surface area contributed by atoms with E-state index in [1.54, 1.807) is 13.0 Å². The molecule has 2 N–H and O–H groups in total. The zero-order valence-electron chi connectivity index (χ0n) is 6.09. The second-order valence-electron chi connectivity index (χ2n) is 2.38. The summed E-state index contributed by atoms with van der Waals surface area (Å²) in [6.07, 6.45) is 1.48. The number of hydrogen-bond acceptors (Lipinski definition) is 2. The Labute approximate surface area is 60.5 Å². The van der Waals surface area contributed by atoms with Crippen molar-refractivity contribution in [2.24, 2.45) is 0 Å². The highest BCUT2D eigenvalue weighted by Gasteiger charge is 2.01. The third-order valence-corrected chi connectivity index (χ3v) is 1.48. The van der Waals surface area contributed by atoms with Crippen LogP contribution in [0, 0.1) is 12.1 Å². The van der Waals surface area contributed by atoms with Crippen molar-refractivity contribution in [2.75, 3.05) is 5.73 Å². The molecule has 0 atom stereocenters. The molecule has 10 heavy (non-hydrogen) atoms. The van der Waals surface area contributed by atoms with Gasteiger partial charge in [0.1, 0.15) is 7.85 Å². The summed E-state index contributed by atoms with van der Waals surface area (Å²) in [6, 6.07) is 1.67. The number of pyridine rings is 1. The van der Waals surface area contributed by atoms with Gasteiger partial charge in [0.15, 0.2) is 11.9 Å². The van der Waals surface area contributed by atoms with Crippen molar-refractivity contribution in [3.8, 4) is 0 Å². The maximum atomic E-state index is 10.9. The van der Waals surface area contributed by atoms with E-state index in [1.165, 1.54) is 6.20 Å². The summed E-state index contributed by atoms with van der Waals surface area (Å²) < 4.78 is 0.811. The average Bonchev–Trinajstić information content (AvgIpc) is 1.84. The van der Waals surface area contributed by atoms with Crippen LogP contribution in [0.2, 0.25) is 0 Å². The fourth-order valence-corrected chi connectivity index (χ4v) is 0.755. The molecule has 3 nitrogen and oxygen atoms in total. The molecule has 0 aromatic carbocycles. The molecule has 0 radical (unpaired) electrons. The van der Waals surface area contributed by atoms with E-state index in [9.17, 15) is 5.21 Å². The molecule has 4 heteroatoms. The second kappa shape index (κ2) is 2.21. The molecule has 0 saturated carbocycles. The predicted molar refractivity (Wildman–Crippen MR) is 42.7 cm³/mol. The number of nitrogens with two attached hydrogens (primary N) is 1. The molecule has 0 saturated heterocycles. The van der Waals surface area contributed by atoms with Gasteiger partial charge in [0.2, 0.25) is 0 Å². The monoisotopic (exact) mass is 136 g/mol. The summed E-state index contributed by atoms with van der Waals surface area (Å²) in [5, 5.41) is 10.9. The molecule has 0 spiro atoms. The minimum atomic E-state index is 0.628. The number of aryl methyl sites for hydroxylation is 1. The lowest BCUT2D eigenvalue weighted by molar-refractivity contribution is -0.611. The van der Waals surface area contributed by atoms with Gasteiger partial charge in [0.05, 0.1) is 0 Å². The van der Waals surface area contributed by atoms with Gasteiger partial charge in [-0.2, -0.15) is 4.73 Å². The molecule has 1 aromatic rings. The Morgan fingerprint density at radius 2 is 2.30 bits per heavy atom. The van der Waals surface area contributed by atoms with Crippen LogP contribution < -0.4 is 15.9 Å². The SMILES string of the molecule is Bc1c[n+]([O-])c(C)cc1N. The summed E-state index contributed by atoms with van der Waals surface area (Å²) in [5.74, 6) is 0. The maximum Gasteiger partial charge on any atom is 0.191 e. The topological polar surface area (TPSA) is 53.0 Å². The molecule has 0 aliphatic heterocycles. The highest BCUT2D eigenvalue weighted by molar-refractivity contribution is 6.35. The van der Waals surface area contributed by atoms with Crippen molar-refractivity contribution >= 4 is 19.0 Å². The maximum absolute atomic E-state index is 10.9. The van der Waals surface area contributed by atoms with Gasteiger partial charge in [0.25, 0.3) is 0 Å². The van der Waals surface area contributed by atoms with Crippen molar-refractivity contribution in [1.82, 2.24) is 0 Å². The lowest BCUT2D eigenvalue weighted by atomic mass is 9.96. The quantitative estimate of drug-likeness (QED) is 0.267. The molecule has 0 fully saturated rings. The first-order valence-electron chi connectivity index (χ1n) is 3.07. The van der Waals surface area contributed by atoms with Gasteiger partial charge < -0.3 is 10.9 Å². The van der Waals surface area contributed by atoms with Crippen LogP contribution in [0.25, 0.3) is 0 Å². The summed E-state index contributed by atoms with van der Waals surface area (Å²) in [5.41, 5.74) is 7.66. The number of rotatable bonds is 0. The Balaban J connectivity index is 3.28. The molecule has 1 heterocycles. The van der Waals surface area contributed by atoms with Gasteiger partial charge >= 0.3 is 0 Å². The molecule has 1 rings (SSSR count). The molecule has 0 aliphatic rings. The van der Waals surface area contributed by atoms with Gasteiger partial charge in [-0.15, -0.1) is 0 Å². The molecule has 0 unspecified atom stereocenters. The van der Waals surface area contributed by atoms with Crippen molar-refractivity contribution in [3.63, 3.8) is 0 Å². The highest BCUT2D eigenvalue weighted by atomic mass is 16.5. The van der Waals surface area contributed by atoms with E-state index >= 15 is 0 Å². The smallest absolute Gasteiger partial charge is 0.191 e. The normalized spacial score (nSPS) is 9.70. The van der Waals surface area contributed by atoms with Gasteiger partial charge in [-0.25, -0.2) is 0 Å². The molecule has 52 valence electrons. The van der Waals surface area contributed by atoms with E-state index in [0.29, 0.717) is 11.4 Å². The van der Waals surface area contributed by atoms with Crippen LogP contribution in [0.3, 0.4) is 0 Å². The van der Waals surface area contributed by atoms with Crippen LogP contribution in [0.1, 0.15) is 5.69 Å². The standard InChI is InChI=1S/C6H9BN2O/c1-4-2-6(8)5(7)3-9(4)10/h2-3H,7-8H2,1H3. The van der Waals surface area contributed by atoms with Crippen LogP contribution in [0.15, 0.2) is 12.3 Å². The lowest BCUT2D eigenvalue weighted by Crippen LogP contribution is -2.34. The Hall–Kier alpha value is -1.19. The van der Waals surface area contributed by atoms with Gasteiger partial charge in [-0.3, -0.25) is 0 Å². The Bertz CT molecular complexity index is 212. The van der Waals surface area contributed by atoms with E-state index < -0.39 is 0 Å². The molecule has 0 amide bonds. The summed E-state index contributed by atoms with van der Waals surface area (Å²) >= 11 is 0. The number of aromatic nitrogens is 1. The third-order valence-electron chi connectivity index (χ3n) is 1.48. The first kappa shape index (κ1) is 6.93. The highest BCUT2D eigenvalue weighted by Crippen LogP contribution is 1.94. The second-order valence-corrected chi connectivity index (χ2v) is 2.38. The minimum Gasteiger partial charge on any atom is -0.619 e. The fraction of sp³-hybridized carbons (Fsp3) is 0.167. The van der Waals surface area contributed by atoms with E-state index in [2.05, 4.69) is 0 Å². The molecular weight excluding hydrogens is 127 g/mol. The Morgan fingerprint density at radius 3 is 2.80 bits per heavy atom. The number of hydrogen-bond donors (Lipinski definition) is 1. The van der Waals surface area contributed by atoms with Crippen molar-refractivity contribution in [3.05, 3.63) is 23.2 Å². The molecular formula is C6H9BN2O. The van der Waals surface area contributed by atoms with Gasteiger partial charge in [0, 0.05) is 18.7 Å².